The monoisotopic (exact) mass is 204 g/mol. The lowest BCUT2D eigenvalue weighted by Crippen LogP contribution is -1.84. The van der Waals surface area contributed by atoms with Gasteiger partial charge in [0.05, 0.1) is 0 Å². The van der Waals surface area contributed by atoms with Crippen LogP contribution in [0.1, 0.15) is 11.1 Å². The molecule has 78 valence electrons. The van der Waals surface area contributed by atoms with Gasteiger partial charge in [0.15, 0.2) is 11.5 Å². The van der Waals surface area contributed by atoms with E-state index >= 15 is 0 Å². The molecule has 0 fully saturated rings. The Labute approximate surface area is 87.2 Å². The summed E-state index contributed by atoms with van der Waals surface area (Å²) in [7, 11) is 0. The van der Waals surface area contributed by atoms with E-state index in [9.17, 15) is 15.3 Å². The lowest BCUT2D eigenvalue weighted by molar-refractivity contribution is 0.371. The summed E-state index contributed by atoms with van der Waals surface area (Å²) in [5, 5.41) is 29.9. The van der Waals surface area contributed by atoms with E-state index in [1.165, 1.54) is 6.07 Å². The number of phenolic OH excluding ortho intramolecular Hbond substituents is 3. The molecule has 0 bridgehead atoms. The molecule has 15 heavy (non-hydrogen) atoms. The molecule has 0 amide bonds. The van der Waals surface area contributed by atoms with Crippen LogP contribution < -0.4 is 0 Å². The normalized spacial score (nSPS) is 10.8. The molecule has 0 radical (unpaired) electrons. The number of aromatic hydroxyl groups is 3. The molecule has 2 aromatic carbocycles. The molecule has 0 heterocycles. The highest BCUT2D eigenvalue weighted by atomic mass is 16.3. The predicted molar refractivity (Wildman–Crippen MR) is 58.4 cm³/mol. The van der Waals surface area contributed by atoms with Crippen LogP contribution in [0, 0.1) is 13.8 Å². The van der Waals surface area contributed by atoms with E-state index in [-0.39, 0.29) is 11.5 Å². The molecule has 2 rings (SSSR count). The summed E-state index contributed by atoms with van der Waals surface area (Å²) in [6, 6.07) is 5.24. The summed E-state index contributed by atoms with van der Waals surface area (Å²) in [6.07, 6.45) is 0. The Hall–Kier alpha value is -1.90. The molecule has 0 saturated heterocycles. The van der Waals surface area contributed by atoms with E-state index in [0.717, 1.165) is 16.5 Å². The third kappa shape index (κ3) is 1.28. The van der Waals surface area contributed by atoms with Gasteiger partial charge in [0.25, 0.3) is 0 Å². The standard InChI is InChI=1S/C12H12O3/c1-6-3-4-7(2)10-8(6)5-9(13)11(14)12(10)15/h3-5,13-15H,1-2H3. The smallest absolute Gasteiger partial charge is 0.200 e. The molecule has 0 aliphatic heterocycles. The third-order valence-electron chi connectivity index (χ3n) is 2.66. The number of hydrogen-bond acceptors (Lipinski definition) is 3. The minimum Gasteiger partial charge on any atom is -0.504 e. The van der Waals surface area contributed by atoms with Crippen molar-refractivity contribution in [3.63, 3.8) is 0 Å². The molecule has 0 saturated carbocycles. The Morgan fingerprint density at radius 1 is 0.867 bits per heavy atom. The van der Waals surface area contributed by atoms with E-state index in [1.54, 1.807) is 0 Å². The van der Waals surface area contributed by atoms with Crippen LogP contribution in [0.5, 0.6) is 17.2 Å². The second kappa shape index (κ2) is 3.05. The number of aryl methyl sites for hydroxylation is 2. The third-order valence-corrected chi connectivity index (χ3v) is 2.66. The van der Waals surface area contributed by atoms with Crippen LogP contribution in [-0.2, 0) is 0 Å². The van der Waals surface area contributed by atoms with Crippen molar-refractivity contribution >= 4 is 10.8 Å². The van der Waals surface area contributed by atoms with Gasteiger partial charge in [0.1, 0.15) is 0 Å². The number of phenols is 3. The summed E-state index contributed by atoms with van der Waals surface area (Å²) in [4.78, 5) is 0. The fourth-order valence-electron chi connectivity index (χ4n) is 1.78. The Bertz CT molecular complexity index is 544. The summed E-state index contributed by atoms with van der Waals surface area (Å²) in [6.45, 7) is 3.73. The minimum absolute atomic E-state index is 0.258. The molecule has 3 nitrogen and oxygen atoms in total. The Morgan fingerprint density at radius 2 is 1.47 bits per heavy atom. The number of benzene rings is 2. The first-order valence-electron chi connectivity index (χ1n) is 4.66. The predicted octanol–water partition coefficient (Wildman–Crippen LogP) is 2.57. The van der Waals surface area contributed by atoms with Gasteiger partial charge in [-0.25, -0.2) is 0 Å². The van der Waals surface area contributed by atoms with Gasteiger partial charge in [-0.2, -0.15) is 0 Å². The fraction of sp³-hybridized carbons (Fsp3) is 0.167. The zero-order chi connectivity index (χ0) is 11.2. The van der Waals surface area contributed by atoms with Gasteiger partial charge < -0.3 is 15.3 Å². The maximum Gasteiger partial charge on any atom is 0.200 e. The van der Waals surface area contributed by atoms with E-state index in [2.05, 4.69) is 0 Å². The number of rotatable bonds is 0. The zero-order valence-electron chi connectivity index (χ0n) is 8.57. The molecule has 0 aliphatic rings. The van der Waals surface area contributed by atoms with Crippen LogP contribution >= 0.6 is 0 Å². The molecule has 3 N–H and O–H groups in total. The van der Waals surface area contributed by atoms with Crippen molar-refractivity contribution in [2.75, 3.05) is 0 Å². The van der Waals surface area contributed by atoms with Gasteiger partial charge in [-0.15, -0.1) is 0 Å². The molecule has 2 aromatic rings. The van der Waals surface area contributed by atoms with Crippen LogP contribution in [0.4, 0.5) is 0 Å². The maximum atomic E-state index is 9.73. The highest BCUT2D eigenvalue weighted by Gasteiger charge is 2.13. The first kappa shape index (κ1) is 9.65. The van der Waals surface area contributed by atoms with Crippen molar-refractivity contribution in [3.8, 4) is 17.2 Å². The average Bonchev–Trinajstić information content (AvgIpc) is 2.20. The molecule has 3 heteroatoms. The van der Waals surface area contributed by atoms with E-state index in [0.29, 0.717) is 5.39 Å². The van der Waals surface area contributed by atoms with Crippen molar-refractivity contribution in [2.45, 2.75) is 13.8 Å². The molecular weight excluding hydrogens is 192 g/mol. The van der Waals surface area contributed by atoms with Crippen molar-refractivity contribution in [1.82, 2.24) is 0 Å². The Balaban J connectivity index is 3.04. The fourth-order valence-corrected chi connectivity index (χ4v) is 1.78. The van der Waals surface area contributed by atoms with Crippen molar-refractivity contribution in [1.29, 1.82) is 0 Å². The van der Waals surface area contributed by atoms with E-state index < -0.39 is 5.75 Å². The second-order valence-corrected chi connectivity index (χ2v) is 3.71. The topological polar surface area (TPSA) is 60.7 Å². The SMILES string of the molecule is Cc1ccc(C)c2c(O)c(O)c(O)cc12. The first-order valence-corrected chi connectivity index (χ1v) is 4.66. The van der Waals surface area contributed by atoms with Crippen LogP contribution in [-0.4, -0.2) is 15.3 Å². The quantitative estimate of drug-likeness (QED) is 0.578. The van der Waals surface area contributed by atoms with Crippen LogP contribution in [0.25, 0.3) is 10.8 Å². The van der Waals surface area contributed by atoms with E-state index in [4.69, 9.17) is 0 Å². The number of hydrogen-bond donors (Lipinski definition) is 3. The largest absolute Gasteiger partial charge is 0.504 e. The van der Waals surface area contributed by atoms with Crippen molar-refractivity contribution in [3.05, 3.63) is 29.3 Å². The average molecular weight is 204 g/mol. The number of fused-ring (bicyclic) bond motifs is 1. The van der Waals surface area contributed by atoms with Gasteiger partial charge >= 0.3 is 0 Å². The van der Waals surface area contributed by atoms with Crippen LogP contribution in [0.2, 0.25) is 0 Å². The summed E-state index contributed by atoms with van der Waals surface area (Å²) >= 11 is 0. The second-order valence-electron chi connectivity index (χ2n) is 3.71. The van der Waals surface area contributed by atoms with Gasteiger partial charge in [0, 0.05) is 5.39 Å². The Morgan fingerprint density at radius 3 is 2.13 bits per heavy atom. The van der Waals surface area contributed by atoms with Crippen molar-refractivity contribution in [2.24, 2.45) is 0 Å². The first-order chi connectivity index (χ1) is 7.02. The van der Waals surface area contributed by atoms with Gasteiger partial charge in [0.2, 0.25) is 5.75 Å². The molecular formula is C12H12O3. The highest BCUT2D eigenvalue weighted by molar-refractivity contribution is 5.96. The van der Waals surface area contributed by atoms with Gasteiger partial charge in [-0.05, 0) is 36.4 Å². The molecule has 0 spiro atoms. The van der Waals surface area contributed by atoms with Crippen LogP contribution in [0.15, 0.2) is 18.2 Å². The van der Waals surface area contributed by atoms with Crippen LogP contribution in [0.3, 0.4) is 0 Å². The molecule has 0 aliphatic carbocycles. The lowest BCUT2D eigenvalue weighted by atomic mass is 9.99. The molecule has 0 aromatic heterocycles. The summed E-state index contributed by atoms with van der Waals surface area (Å²) < 4.78 is 0. The van der Waals surface area contributed by atoms with Crippen molar-refractivity contribution < 1.29 is 15.3 Å². The zero-order valence-corrected chi connectivity index (χ0v) is 8.57. The van der Waals surface area contributed by atoms with Gasteiger partial charge in [-0.1, -0.05) is 12.1 Å². The highest BCUT2D eigenvalue weighted by Crippen LogP contribution is 2.43. The molecule has 0 unspecified atom stereocenters. The summed E-state index contributed by atoms with van der Waals surface area (Å²) in [5.41, 5.74) is 1.81. The van der Waals surface area contributed by atoms with Gasteiger partial charge in [-0.3, -0.25) is 0 Å². The van der Waals surface area contributed by atoms with E-state index in [1.807, 2.05) is 26.0 Å². The Kier molecular flexibility index (Phi) is 1.96. The summed E-state index contributed by atoms with van der Waals surface area (Å²) in [5.74, 6) is -1.02. The molecule has 0 atom stereocenters. The maximum absolute atomic E-state index is 9.73. The minimum atomic E-state index is -0.462. The lowest BCUT2D eigenvalue weighted by Gasteiger charge is -2.10.